The van der Waals surface area contributed by atoms with Gasteiger partial charge in [0.1, 0.15) is 0 Å². The molecule has 8 heteroatoms. The molecule has 166 valence electrons. The number of rotatable bonds is 6. The third-order valence-electron chi connectivity index (χ3n) is 5.11. The number of nitrogens with zero attached hydrogens (tertiary/aromatic N) is 2. The van der Waals surface area contributed by atoms with Gasteiger partial charge in [0, 0.05) is 16.8 Å². The van der Waals surface area contributed by atoms with Crippen LogP contribution in [0.15, 0.2) is 53.3 Å². The molecule has 3 aromatic rings. The van der Waals surface area contributed by atoms with E-state index in [0.717, 1.165) is 16.7 Å². The van der Waals surface area contributed by atoms with Gasteiger partial charge in [0.05, 0.1) is 11.7 Å². The van der Waals surface area contributed by atoms with Gasteiger partial charge in [-0.2, -0.15) is 5.10 Å². The molecular formula is C24H24ClN3O4. The van der Waals surface area contributed by atoms with E-state index < -0.39 is 29.6 Å². The van der Waals surface area contributed by atoms with Gasteiger partial charge < -0.3 is 10.1 Å². The molecule has 0 saturated carbocycles. The summed E-state index contributed by atoms with van der Waals surface area (Å²) in [5.74, 6) is -1.44. The number of ether oxygens (including phenoxy) is 1. The van der Waals surface area contributed by atoms with E-state index in [1.54, 1.807) is 31.2 Å². The average molecular weight is 454 g/mol. The number of carbonyl (C=O) groups excluding carboxylic acids is 2. The van der Waals surface area contributed by atoms with Crippen molar-refractivity contribution in [1.82, 2.24) is 15.1 Å². The van der Waals surface area contributed by atoms with Crippen LogP contribution in [0.2, 0.25) is 5.02 Å². The maximum absolute atomic E-state index is 12.5. The Morgan fingerprint density at radius 2 is 1.75 bits per heavy atom. The fraction of sp³-hybridized carbons (Fsp3) is 0.250. The molecular weight excluding hydrogens is 430 g/mol. The molecule has 1 atom stereocenters. The first-order valence-corrected chi connectivity index (χ1v) is 10.4. The van der Waals surface area contributed by atoms with Crippen molar-refractivity contribution >= 4 is 23.5 Å². The lowest BCUT2D eigenvalue weighted by Crippen LogP contribution is -2.32. The Kier molecular flexibility index (Phi) is 7.10. The molecule has 32 heavy (non-hydrogen) atoms. The quantitative estimate of drug-likeness (QED) is 0.572. The van der Waals surface area contributed by atoms with Gasteiger partial charge in [-0.3, -0.25) is 9.59 Å². The smallest absolute Gasteiger partial charge is 0.363 e. The van der Waals surface area contributed by atoms with Crippen molar-refractivity contribution in [2.24, 2.45) is 0 Å². The molecule has 0 saturated heterocycles. The molecule has 1 aromatic heterocycles. The highest BCUT2D eigenvalue weighted by Crippen LogP contribution is 2.17. The fourth-order valence-corrected chi connectivity index (χ4v) is 3.26. The van der Waals surface area contributed by atoms with Gasteiger partial charge in [-0.15, -0.1) is 0 Å². The summed E-state index contributed by atoms with van der Waals surface area (Å²) in [7, 11) is 0. The SMILES string of the molecule is Cc1ccc(C(C)NC(=O)COC(=O)c2nn(-c3ccc(Cl)cc3)c(C)cc2=O)cc1C. The Balaban J connectivity index is 1.68. The van der Waals surface area contributed by atoms with Crippen molar-refractivity contribution in [3.8, 4) is 5.69 Å². The zero-order valence-electron chi connectivity index (χ0n) is 18.3. The molecule has 0 aliphatic rings. The average Bonchev–Trinajstić information content (AvgIpc) is 2.75. The molecule has 7 nitrogen and oxygen atoms in total. The summed E-state index contributed by atoms with van der Waals surface area (Å²) in [6, 6.07) is 13.7. The molecule has 0 fully saturated rings. The van der Waals surface area contributed by atoms with Gasteiger partial charge >= 0.3 is 5.97 Å². The number of aromatic nitrogens is 2. The van der Waals surface area contributed by atoms with Gasteiger partial charge in [-0.05, 0) is 68.7 Å². The van der Waals surface area contributed by atoms with Gasteiger partial charge in [-0.25, -0.2) is 9.48 Å². The van der Waals surface area contributed by atoms with E-state index in [1.807, 2.05) is 39.0 Å². The van der Waals surface area contributed by atoms with E-state index in [9.17, 15) is 14.4 Å². The topological polar surface area (TPSA) is 90.3 Å². The highest BCUT2D eigenvalue weighted by Gasteiger charge is 2.19. The zero-order valence-corrected chi connectivity index (χ0v) is 19.1. The lowest BCUT2D eigenvalue weighted by molar-refractivity contribution is -0.124. The number of hydrogen-bond donors (Lipinski definition) is 1. The van der Waals surface area contributed by atoms with Crippen LogP contribution in [0, 0.1) is 20.8 Å². The van der Waals surface area contributed by atoms with Crippen molar-refractivity contribution < 1.29 is 14.3 Å². The largest absolute Gasteiger partial charge is 0.451 e. The number of carbonyl (C=O) groups is 2. The zero-order chi connectivity index (χ0) is 23.4. The van der Waals surface area contributed by atoms with Crippen LogP contribution in [0.25, 0.3) is 5.69 Å². The highest BCUT2D eigenvalue weighted by atomic mass is 35.5. The molecule has 1 heterocycles. The predicted molar refractivity (Wildman–Crippen MR) is 122 cm³/mol. The van der Waals surface area contributed by atoms with Crippen LogP contribution < -0.4 is 10.7 Å². The number of hydrogen-bond acceptors (Lipinski definition) is 5. The van der Waals surface area contributed by atoms with Crippen LogP contribution >= 0.6 is 11.6 Å². The van der Waals surface area contributed by atoms with E-state index >= 15 is 0 Å². The van der Waals surface area contributed by atoms with Crippen LogP contribution in [-0.4, -0.2) is 28.3 Å². The number of benzene rings is 2. The lowest BCUT2D eigenvalue weighted by atomic mass is 10.0. The van der Waals surface area contributed by atoms with Crippen LogP contribution in [0.3, 0.4) is 0 Å². The Morgan fingerprint density at radius 1 is 1.06 bits per heavy atom. The molecule has 1 N–H and O–H groups in total. The number of aryl methyl sites for hydroxylation is 3. The van der Waals surface area contributed by atoms with Gasteiger partial charge in [-0.1, -0.05) is 29.8 Å². The molecule has 0 aliphatic heterocycles. The standard InChI is InChI=1S/C24H24ClN3O4/c1-14-5-6-18(11-15(14)2)17(4)26-22(30)13-32-24(31)23-21(29)12-16(3)28(27-23)20-9-7-19(25)8-10-20/h5-12,17H,13H2,1-4H3,(H,26,30). The minimum Gasteiger partial charge on any atom is -0.451 e. The number of nitrogens with one attached hydrogen (secondary N) is 1. The van der Waals surface area contributed by atoms with Crippen LogP contribution in [0.5, 0.6) is 0 Å². The number of esters is 1. The molecule has 0 bridgehead atoms. The molecule has 1 amide bonds. The van der Waals surface area contributed by atoms with Crippen LogP contribution in [0.4, 0.5) is 0 Å². The Bertz CT molecular complexity index is 1220. The monoisotopic (exact) mass is 453 g/mol. The minimum absolute atomic E-state index is 0.264. The second kappa shape index (κ2) is 9.78. The summed E-state index contributed by atoms with van der Waals surface area (Å²) >= 11 is 5.91. The molecule has 3 rings (SSSR count). The van der Waals surface area contributed by atoms with Crippen molar-refractivity contribution in [2.75, 3.05) is 6.61 Å². The highest BCUT2D eigenvalue weighted by molar-refractivity contribution is 6.30. The number of amides is 1. The summed E-state index contributed by atoms with van der Waals surface area (Å²) in [5.41, 5.74) is 3.41. The van der Waals surface area contributed by atoms with E-state index in [0.29, 0.717) is 16.4 Å². The first-order valence-electron chi connectivity index (χ1n) is 10.1. The maximum atomic E-state index is 12.5. The van der Waals surface area contributed by atoms with Crippen LogP contribution in [-0.2, 0) is 9.53 Å². The molecule has 0 aliphatic carbocycles. The van der Waals surface area contributed by atoms with E-state index in [-0.39, 0.29) is 6.04 Å². The molecule has 2 aromatic carbocycles. The molecule has 0 radical (unpaired) electrons. The Hall–Kier alpha value is -3.45. The van der Waals surface area contributed by atoms with Crippen molar-refractivity contribution in [3.05, 3.63) is 91.9 Å². The summed E-state index contributed by atoms with van der Waals surface area (Å²) in [6.07, 6.45) is 0. The van der Waals surface area contributed by atoms with Gasteiger partial charge in [0.2, 0.25) is 11.1 Å². The predicted octanol–water partition coefficient (Wildman–Crippen LogP) is 3.85. The summed E-state index contributed by atoms with van der Waals surface area (Å²) in [5, 5.41) is 7.46. The first-order chi connectivity index (χ1) is 15.2. The maximum Gasteiger partial charge on any atom is 0.363 e. The van der Waals surface area contributed by atoms with Crippen molar-refractivity contribution in [3.63, 3.8) is 0 Å². The fourth-order valence-electron chi connectivity index (χ4n) is 3.13. The van der Waals surface area contributed by atoms with Gasteiger partial charge in [0.15, 0.2) is 6.61 Å². The first kappa shape index (κ1) is 23.2. The molecule has 0 spiro atoms. The minimum atomic E-state index is -0.966. The second-order valence-electron chi connectivity index (χ2n) is 7.60. The lowest BCUT2D eigenvalue weighted by Gasteiger charge is -2.16. The van der Waals surface area contributed by atoms with Crippen LogP contribution in [0.1, 0.15) is 45.8 Å². The summed E-state index contributed by atoms with van der Waals surface area (Å²) in [6.45, 7) is 7.03. The summed E-state index contributed by atoms with van der Waals surface area (Å²) < 4.78 is 6.49. The third-order valence-corrected chi connectivity index (χ3v) is 5.37. The normalized spacial score (nSPS) is 11.7. The van der Waals surface area contributed by atoms with Crippen molar-refractivity contribution in [1.29, 1.82) is 0 Å². The van der Waals surface area contributed by atoms with Gasteiger partial charge in [0.25, 0.3) is 5.91 Å². The van der Waals surface area contributed by atoms with E-state index in [1.165, 1.54) is 10.7 Å². The van der Waals surface area contributed by atoms with Crippen molar-refractivity contribution in [2.45, 2.75) is 33.7 Å². The number of halogens is 1. The van der Waals surface area contributed by atoms with E-state index in [4.69, 9.17) is 16.3 Å². The summed E-state index contributed by atoms with van der Waals surface area (Å²) in [4.78, 5) is 37.0. The third kappa shape index (κ3) is 5.42. The second-order valence-corrected chi connectivity index (χ2v) is 8.03. The van der Waals surface area contributed by atoms with E-state index in [2.05, 4.69) is 10.4 Å². The Labute approximate surface area is 191 Å². The Morgan fingerprint density at radius 3 is 2.41 bits per heavy atom. The molecule has 1 unspecified atom stereocenters.